The highest BCUT2D eigenvalue weighted by molar-refractivity contribution is 5.95. The molecule has 2 aromatic rings. The summed E-state index contributed by atoms with van der Waals surface area (Å²) in [7, 11) is 0. The molecule has 0 fully saturated rings. The Hall–Kier alpha value is -2.23. The van der Waals surface area contributed by atoms with Gasteiger partial charge >= 0.3 is 0 Å². The summed E-state index contributed by atoms with van der Waals surface area (Å²) in [6, 6.07) is 8.72. The van der Waals surface area contributed by atoms with E-state index in [0.29, 0.717) is 12.2 Å². The van der Waals surface area contributed by atoms with Crippen molar-refractivity contribution in [3.05, 3.63) is 53.5 Å². The maximum atomic E-state index is 13.9. The topological polar surface area (TPSA) is 39.2 Å². The molecular weight excluding hydrogens is 281 g/mol. The van der Waals surface area contributed by atoms with E-state index in [1.807, 2.05) is 12.1 Å². The Kier molecular flexibility index (Phi) is 5.64. The Morgan fingerprint density at radius 3 is 2.55 bits per heavy atom. The molecule has 0 radical (unpaired) electrons. The molecule has 1 heterocycles. The number of ether oxygens (including phenoxy) is 1. The summed E-state index contributed by atoms with van der Waals surface area (Å²) in [6.45, 7) is 3.88. The molecule has 1 aromatic carbocycles. The third kappa shape index (κ3) is 4.13. The summed E-state index contributed by atoms with van der Waals surface area (Å²) < 4.78 is 19.4. The van der Waals surface area contributed by atoms with Gasteiger partial charge in [0.15, 0.2) is 11.6 Å². The number of carbonyl (C=O) groups excluding carboxylic acids is 1. The molecular formula is C18H20FNO2. The van der Waals surface area contributed by atoms with E-state index in [2.05, 4.69) is 11.9 Å². The number of hydrogen-bond donors (Lipinski definition) is 0. The van der Waals surface area contributed by atoms with Crippen LogP contribution in [0.3, 0.4) is 0 Å². The first-order chi connectivity index (χ1) is 10.6. The van der Waals surface area contributed by atoms with Crippen LogP contribution in [0.15, 0.2) is 36.5 Å². The second-order valence-corrected chi connectivity index (χ2v) is 5.14. The van der Waals surface area contributed by atoms with Crippen molar-refractivity contribution in [2.75, 3.05) is 0 Å². The van der Waals surface area contributed by atoms with Crippen LogP contribution >= 0.6 is 0 Å². The summed E-state index contributed by atoms with van der Waals surface area (Å²) in [5.41, 5.74) is 1.49. The lowest BCUT2D eigenvalue weighted by Gasteiger charge is -2.07. The number of pyridine rings is 1. The number of halogens is 1. The largest absolute Gasteiger partial charge is 0.436 e. The lowest BCUT2D eigenvalue weighted by molar-refractivity contribution is 0.0987. The molecule has 0 bridgehead atoms. The minimum atomic E-state index is -0.630. The van der Waals surface area contributed by atoms with Gasteiger partial charge in [0.1, 0.15) is 5.75 Å². The fourth-order valence-corrected chi connectivity index (χ4v) is 2.07. The van der Waals surface area contributed by atoms with E-state index in [1.54, 1.807) is 19.1 Å². The normalized spacial score (nSPS) is 10.5. The van der Waals surface area contributed by atoms with Gasteiger partial charge in [0.2, 0.25) is 0 Å². The van der Waals surface area contributed by atoms with Gasteiger partial charge in [-0.15, -0.1) is 0 Å². The van der Waals surface area contributed by atoms with Crippen molar-refractivity contribution in [2.45, 2.75) is 39.5 Å². The van der Waals surface area contributed by atoms with E-state index < -0.39 is 5.82 Å². The maximum absolute atomic E-state index is 13.9. The summed E-state index contributed by atoms with van der Waals surface area (Å²) >= 11 is 0. The molecule has 0 saturated carbocycles. The molecule has 0 atom stereocenters. The zero-order chi connectivity index (χ0) is 15.9. The van der Waals surface area contributed by atoms with E-state index >= 15 is 0 Å². The molecule has 0 spiro atoms. The number of carbonyl (C=O) groups is 1. The van der Waals surface area contributed by atoms with Crippen molar-refractivity contribution in [1.82, 2.24) is 4.98 Å². The Morgan fingerprint density at radius 1 is 1.23 bits per heavy atom. The molecule has 0 N–H and O–H groups in total. The number of Topliss-reactive ketones (excluding diaryl/α,β-unsaturated/α-hetero) is 1. The predicted molar refractivity (Wildman–Crippen MR) is 83.9 cm³/mol. The summed E-state index contributed by atoms with van der Waals surface area (Å²) in [6.07, 6.45) is 4.98. The van der Waals surface area contributed by atoms with E-state index in [-0.39, 0.29) is 17.2 Å². The van der Waals surface area contributed by atoms with E-state index in [9.17, 15) is 9.18 Å². The van der Waals surface area contributed by atoms with Gasteiger partial charge in [-0.2, -0.15) is 0 Å². The quantitative estimate of drug-likeness (QED) is 0.679. The van der Waals surface area contributed by atoms with E-state index in [1.165, 1.54) is 17.8 Å². The van der Waals surface area contributed by atoms with Gasteiger partial charge in [-0.25, -0.2) is 9.37 Å². The first-order valence-electron chi connectivity index (χ1n) is 7.59. The van der Waals surface area contributed by atoms with Gasteiger partial charge in [-0.05, 0) is 36.6 Å². The first-order valence-corrected chi connectivity index (χ1v) is 7.59. The van der Waals surface area contributed by atoms with Crippen molar-refractivity contribution in [3.8, 4) is 11.6 Å². The monoisotopic (exact) mass is 301 g/mol. The van der Waals surface area contributed by atoms with Crippen LogP contribution in [0.25, 0.3) is 0 Å². The first kappa shape index (κ1) is 16.1. The number of aromatic nitrogens is 1. The minimum Gasteiger partial charge on any atom is -0.436 e. The fraction of sp³-hybridized carbons (Fsp3) is 0.333. The smallest absolute Gasteiger partial charge is 0.255 e. The Labute approximate surface area is 130 Å². The van der Waals surface area contributed by atoms with Crippen LogP contribution in [0.4, 0.5) is 4.39 Å². The van der Waals surface area contributed by atoms with Crippen LogP contribution in [-0.2, 0) is 6.42 Å². The molecule has 0 amide bonds. The Balaban J connectivity index is 2.08. The third-order valence-corrected chi connectivity index (χ3v) is 3.41. The van der Waals surface area contributed by atoms with Crippen LogP contribution < -0.4 is 4.74 Å². The molecule has 0 aliphatic heterocycles. The number of unbranched alkanes of at least 4 members (excludes halogenated alkanes) is 1. The van der Waals surface area contributed by atoms with Crippen LogP contribution in [-0.4, -0.2) is 10.8 Å². The summed E-state index contributed by atoms with van der Waals surface area (Å²) in [4.78, 5) is 15.4. The molecule has 0 unspecified atom stereocenters. The molecule has 3 nitrogen and oxygen atoms in total. The van der Waals surface area contributed by atoms with Crippen LogP contribution in [0, 0.1) is 5.82 Å². The molecule has 2 rings (SSSR count). The Morgan fingerprint density at radius 2 is 1.95 bits per heavy atom. The minimum absolute atomic E-state index is 0.117. The number of rotatable bonds is 7. The second kappa shape index (κ2) is 7.69. The highest BCUT2D eigenvalue weighted by Gasteiger charge is 2.11. The van der Waals surface area contributed by atoms with Gasteiger partial charge in [0.05, 0.1) is 0 Å². The van der Waals surface area contributed by atoms with Crippen molar-refractivity contribution >= 4 is 5.78 Å². The lowest BCUT2D eigenvalue weighted by Crippen LogP contribution is -2.00. The third-order valence-electron chi connectivity index (χ3n) is 3.41. The van der Waals surface area contributed by atoms with Crippen molar-refractivity contribution in [1.29, 1.82) is 0 Å². The van der Waals surface area contributed by atoms with Crippen molar-refractivity contribution in [2.24, 2.45) is 0 Å². The van der Waals surface area contributed by atoms with Gasteiger partial charge in [0.25, 0.3) is 5.88 Å². The zero-order valence-electron chi connectivity index (χ0n) is 12.9. The average molecular weight is 301 g/mol. The second-order valence-electron chi connectivity index (χ2n) is 5.14. The molecule has 0 aliphatic carbocycles. The maximum Gasteiger partial charge on any atom is 0.255 e. The van der Waals surface area contributed by atoms with Crippen LogP contribution in [0.2, 0.25) is 0 Å². The van der Waals surface area contributed by atoms with E-state index in [0.717, 1.165) is 19.3 Å². The van der Waals surface area contributed by atoms with Gasteiger partial charge in [-0.3, -0.25) is 4.79 Å². The number of ketones is 1. The number of nitrogens with zero attached hydrogens (tertiary/aromatic N) is 1. The molecule has 0 aliphatic rings. The zero-order valence-corrected chi connectivity index (χ0v) is 12.9. The molecule has 0 saturated heterocycles. The lowest BCUT2D eigenvalue weighted by atomic mass is 10.1. The number of aryl methyl sites for hydroxylation is 1. The van der Waals surface area contributed by atoms with Gasteiger partial charge < -0.3 is 4.74 Å². The van der Waals surface area contributed by atoms with Crippen molar-refractivity contribution < 1.29 is 13.9 Å². The summed E-state index contributed by atoms with van der Waals surface area (Å²) in [5.74, 6) is -0.359. The van der Waals surface area contributed by atoms with Gasteiger partial charge in [0, 0.05) is 18.2 Å². The number of benzene rings is 1. The van der Waals surface area contributed by atoms with Gasteiger partial charge in [-0.1, -0.05) is 32.4 Å². The van der Waals surface area contributed by atoms with E-state index in [4.69, 9.17) is 4.74 Å². The van der Waals surface area contributed by atoms with Crippen LogP contribution in [0.1, 0.15) is 49.0 Å². The number of hydrogen-bond acceptors (Lipinski definition) is 3. The van der Waals surface area contributed by atoms with Crippen LogP contribution in [0.5, 0.6) is 11.6 Å². The highest BCUT2D eigenvalue weighted by atomic mass is 19.1. The fourth-order valence-electron chi connectivity index (χ4n) is 2.07. The molecule has 116 valence electrons. The molecule has 22 heavy (non-hydrogen) atoms. The Bertz CT molecular complexity index is 638. The molecule has 1 aromatic heterocycles. The SMILES string of the molecule is CCCCc1ccc(Oc2ncc(C(=O)CC)cc2F)cc1. The van der Waals surface area contributed by atoms with Crippen molar-refractivity contribution in [3.63, 3.8) is 0 Å². The summed E-state index contributed by atoms with van der Waals surface area (Å²) in [5, 5.41) is 0. The average Bonchev–Trinajstić information content (AvgIpc) is 2.55. The molecule has 4 heteroatoms. The standard InChI is InChI=1S/C18H20FNO2/c1-3-5-6-13-7-9-15(10-8-13)22-18-16(19)11-14(12-20-18)17(21)4-2/h7-12H,3-6H2,1-2H3. The highest BCUT2D eigenvalue weighted by Crippen LogP contribution is 2.23. The predicted octanol–water partition coefficient (Wildman–Crippen LogP) is 4.95.